The van der Waals surface area contributed by atoms with Crippen molar-refractivity contribution in [3.63, 3.8) is 0 Å². The standard InChI is InChI=1S/C16H28O3/c1-3-4-7-14(15(17)19-2)16(18)10-5-6-13(11-16)12-8-9-12/h12-14,18H,3-11H2,1-2H3. The van der Waals surface area contributed by atoms with Crippen molar-refractivity contribution in [2.24, 2.45) is 17.8 Å². The fourth-order valence-corrected chi connectivity index (χ4v) is 3.77. The molecule has 3 unspecified atom stereocenters. The summed E-state index contributed by atoms with van der Waals surface area (Å²) < 4.78 is 4.94. The number of hydrogen-bond acceptors (Lipinski definition) is 3. The Morgan fingerprint density at radius 3 is 2.68 bits per heavy atom. The molecule has 2 fully saturated rings. The van der Waals surface area contributed by atoms with E-state index < -0.39 is 5.60 Å². The van der Waals surface area contributed by atoms with Gasteiger partial charge in [0.25, 0.3) is 0 Å². The number of carbonyl (C=O) groups is 1. The Kier molecular flexibility index (Phi) is 4.88. The van der Waals surface area contributed by atoms with Crippen LogP contribution in [0.4, 0.5) is 0 Å². The number of methoxy groups -OCH3 is 1. The second kappa shape index (κ2) is 6.25. The summed E-state index contributed by atoms with van der Waals surface area (Å²) in [5.74, 6) is 0.912. The molecule has 0 aromatic rings. The molecule has 1 N–H and O–H groups in total. The molecular weight excluding hydrogens is 240 g/mol. The molecule has 3 nitrogen and oxygen atoms in total. The lowest BCUT2D eigenvalue weighted by Crippen LogP contribution is -2.46. The predicted molar refractivity (Wildman–Crippen MR) is 74.7 cm³/mol. The smallest absolute Gasteiger partial charge is 0.311 e. The largest absolute Gasteiger partial charge is 0.469 e. The third-order valence-electron chi connectivity index (χ3n) is 5.07. The normalized spacial score (nSPS) is 32.9. The van der Waals surface area contributed by atoms with Crippen molar-refractivity contribution in [1.29, 1.82) is 0 Å². The maximum absolute atomic E-state index is 12.0. The van der Waals surface area contributed by atoms with E-state index in [1.165, 1.54) is 26.4 Å². The third-order valence-corrected chi connectivity index (χ3v) is 5.07. The monoisotopic (exact) mass is 268 g/mol. The molecule has 0 saturated heterocycles. The number of carbonyl (C=O) groups excluding carboxylic acids is 1. The number of ether oxygens (including phenoxy) is 1. The van der Waals surface area contributed by atoms with Gasteiger partial charge in [0.15, 0.2) is 0 Å². The van der Waals surface area contributed by atoms with E-state index in [2.05, 4.69) is 6.92 Å². The summed E-state index contributed by atoms with van der Waals surface area (Å²) in [4.78, 5) is 12.0. The zero-order valence-corrected chi connectivity index (χ0v) is 12.4. The van der Waals surface area contributed by atoms with Crippen LogP contribution < -0.4 is 0 Å². The van der Waals surface area contributed by atoms with Gasteiger partial charge in [0.05, 0.1) is 18.6 Å². The van der Waals surface area contributed by atoms with Crippen molar-refractivity contribution in [1.82, 2.24) is 0 Å². The Hall–Kier alpha value is -0.570. The first-order valence-corrected chi connectivity index (χ1v) is 7.91. The first-order valence-electron chi connectivity index (χ1n) is 7.91. The van der Waals surface area contributed by atoms with E-state index in [4.69, 9.17) is 4.74 Å². The van der Waals surface area contributed by atoms with E-state index in [0.29, 0.717) is 5.92 Å². The molecule has 0 aromatic heterocycles. The summed E-state index contributed by atoms with van der Waals surface area (Å²) in [5.41, 5.74) is -0.812. The van der Waals surface area contributed by atoms with Crippen molar-refractivity contribution in [2.45, 2.75) is 70.3 Å². The van der Waals surface area contributed by atoms with Gasteiger partial charge in [-0.15, -0.1) is 0 Å². The second-order valence-corrected chi connectivity index (χ2v) is 6.52. The van der Waals surface area contributed by atoms with E-state index in [9.17, 15) is 9.90 Å². The number of esters is 1. The van der Waals surface area contributed by atoms with Gasteiger partial charge in [-0.25, -0.2) is 0 Å². The molecule has 0 amide bonds. The van der Waals surface area contributed by atoms with Crippen LogP contribution in [0.5, 0.6) is 0 Å². The van der Waals surface area contributed by atoms with E-state index in [1.54, 1.807) is 0 Å². The Bertz CT molecular complexity index is 311. The summed E-state index contributed by atoms with van der Waals surface area (Å²) in [6, 6.07) is 0. The minimum atomic E-state index is -0.812. The minimum Gasteiger partial charge on any atom is -0.469 e. The average molecular weight is 268 g/mol. The molecule has 0 aliphatic heterocycles. The van der Waals surface area contributed by atoms with E-state index in [1.807, 2.05) is 0 Å². The summed E-state index contributed by atoms with van der Waals surface area (Å²) in [6.07, 6.45) is 9.28. The Morgan fingerprint density at radius 1 is 1.37 bits per heavy atom. The van der Waals surface area contributed by atoms with Crippen LogP contribution in [0.25, 0.3) is 0 Å². The van der Waals surface area contributed by atoms with Crippen LogP contribution >= 0.6 is 0 Å². The molecule has 110 valence electrons. The molecule has 0 aromatic carbocycles. The van der Waals surface area contributed by atoms with Crippen LogP contribution in [-0.4, -0.2) is 23.8 Å². The van der Waals surface area contributed by atoms with Crippen LogP contribution in [0.15, 0.2) is 0 Å². The third kappa shape index (κ3) is 3.50. The van der Waals surface area contributed by atoms with Gasteiger partial charge in [-0.05, 0) is 50.4 Å². The van der Waals surface area contributed by atoms with E-state index in [-0.39, 0.29) is 11.9 Å². The SMILES string of the molecule is CCCCC(C(=O)OC)C1(O)CCCC(C2CC2)C1. The second-order valence-electron chi connectivity index (χ2n) is 6.52. The molecular formula is C16H28O3. The van der Waals surface area contributed by atoms with Crippen LogP contribution in [-0.2, 0) is 9.53 Å². The van der Waals surface area contributed by atoms with Crippen molar-refractivity contribution < 1.29 is 14.6 Å². The van der Waals surface area contributed by atoms with Gasteiger partial charge < -0.3 is 9.84 Å². The van der Waals surface area contributed by atoms with Crippen LogP contribution in [0.2, 0.25) is 0 Å². The van der Waals surface area contributed by atoms with E-state index >= 15 is 0 Å². The van der Waals surface area contributed by atoms with Crippen molar-refractivity contribution >= 4 is 5.97 Å². The number of rotatable bonds is 6. The molecule has 0 radical (unpaired) electrons. The highest BCUT2D eigenvalue weighted by Gasteiger charge is 2.47. The van der Waals surface area contributed by atoms with E-state index in [0.717, 1.165) is 44.4 Å². The maximum atomic E-state index is 12.0. The first kappa shape index (κ1) is 14.8. The fourth-order valence-electron chi connectivity index (χ4n) is 3.77. The molecule has 19 heavy (non-hydrogen) atoms. The molecule has 0 heterocycles. The van der Waals surface area contributed by atoms with Crippen molar-refractivity contribution in [3.8, 4) is 0 Å². The molecule has 3 heteroatoms. The average Bonchev–Trinajstić information content (AvgIpc) is 3.23. The van der Waals surface area contributed by atoms with Crippen molar-refractivity contribution in [2.75, 3.05) is 7.11 Å². The van der Waals surface area contributed by atoms with Gasteiger partial charge in [0, 0.05) is 0 Å². The fraction of sp³-hybridized carbons (Fsp3) is 0.938. The quantitative estimate of drug-likeness (QED) is 0.752. The Labute approximate surface area is 116 Å². The van der Waals surface area contributed by atoms with Gasteiger partial charge >= 0.3 is 5.97 Å². The number of unbranched alkanes of at least 4 members (excludes halogenated alkanes) is 1. The lowest BCUT2D eigenvalue weighted by Gasteiger charge is -2.41. The van der Waals surface area contributed by atoms with Gasteiger partial charge in [0.2, 0.25) is 0 Å². The first-order chi connectivity index (χ1) is 9.10. The number of aliphatic hydroxyl groups is 1. The lowest BCUT2D eigenvalue weighted by molar-refractivity contribution is -0.161. The van der Waals surface area contributed by atoms with Crippen LogP contribution in [0.1, 0.15) is 64.7 Å². The molecule has 0 spiro atoms. The molecule has 0 bridgehead atoms. The molecule has 2 aliphatic rings. The minimum absolute atomic E-state index is 0.215. The van der Waals surface area contributed by atoms with Gasteiger partial charge in [-0.1, -0.05) is 26.2 Å². The lowest BCUT2D eigenvalue weighted by atomic mass is 9.68. The molecule has 3 atom stereocenters. The summed E-state index contributed by atoms with van der Waals surface area (Å²) in [5, 5.41) is 11.0. The number of hydrogen-bond donors (Lipinski definition) is 1. The Balaban J connectivity index is 2.05. The molecule has 2 rings (SSSR count). The highest BCUT2D eigenvalue weighted by atomic mass is 16.5. The van der Waals surface area contributed by atoms with Gasteiger partial charge in [-0.2, -0.15) is 0 Å². The maximum Gasteiger partial charge on any atom is 0.311 e. The predicted octanol–water partition coefficient (Wildman–Crippen LogP) is 3.30. The molecule has 2 aliphatic carbocycles. The van der Waals surface area contributed by atoms with Crippen LogP contribution in [0, 0.1) is 17.8 Å². The Morgan fingerprint density at radius 2 is 2.11 bits per heavy atom. The van der Waals surface area contributed by atoms with Gasteiger partial charge in [0.1, 0.15) is 0 Å². The zero-order chi connectivity index (χ0) is 13.9. The highest BCUT2D eigenvalue weighted by Crippen LogP contribution is 2.49. The summed E-state index contributed by atoms with van der Waals surface area (Å²) in [6.45, 7) is 2.12. The topological polar surface area (TPSA) is 46.5 Å². The van der Waals surface area contributed by atoms with Crippen LogP contribution in [0.3, 0.4) is 0 Å². The van der Waals surface area contributed by atoms with Crippen molar-refractivity contribution in [3.05, 3.63) is 0 Å². The summed E-state index contributed by atoms with van der Waals surface area (Å²) >= 11 is 0. The highest BCUT2D eigenvalue weighted by molar-refractivity contribution is 5.73. The molecule has 2 saturated carbocycles. The van der Waals surface area contributed by atoms with Gasteiger partial charge in [-0.3, -0.25) is 4.79 Å². The summed E-state index contributed by atoms with van der Waals surface area (Å²) in [7, 11) is 1.44. The zero-order valence-electron chi connectivity index (χ0n) is 12.4.